The van der Waals surface area contributed by atoms with Crippen LogP contribution in [0.4, 0.5) is 0 Å². The van der Waals surface area contributed by atoms with E-state index in [0.29, 0.717) is 6.61 Å². The van der Waals surface area contributed by atoms with Crippen molar-refractivity contribution in [3.63, 3.8) is 0 Å². The number of hydrogen-bond donors (Lipinski definition) is 0. The fourth-order valence-corrected chi connectivity index (χ4v) is 3.80. The monoisotopic (exact) mass is 366 g/mol. The van der Waals surface area contributed by atoms with Gasteiger partial charge >= 0.3 is 0 Å². The summed E-state index contributed by atoms with van der Waals surface area (Å²) in [4.78, 5) is 8.57. The number of benzene rings is 1. The highest BCUT2D eigenvalue weighted by Crippen LogP contribution is 2.38. The lowest BCUT2D eigenvalue weighted by atomic mass is 9.91. The minimum atomic E-state index is -0.543. The summed E-state index contributed by atoms with van der Waals surface area (Å²) in [5.41, 5.74) is 1.56. The molecule has 26 heavy (non-hydrogen) atoms. The van der Waals surface area contributed by atoms with Crippen molar-refractivity contribution in [2.75, 3.05) is 13.7 Å². The van der Waals surface area contributed by atoms with Crippen LogP contribution in [0.25, 0.3) is 6.08 Å². The molecule has 0 aliphatic heterocycles. The molecule has 1 unspecified atom stereocenters. The predicted octanol–water partition coefficient (Wildman–Crippen LogP) is 4.93. The summed E-state index contributed by atoms with van der Waals surface area (Å²) in [6.45, 7) is 2.59. The summed E-state index contributed by atoms with van der Waals surface area (Å²) in [6.07, 6.45) is 10.2. The zero-order valence-electron chi connectivity index (χ0n) is 15.0. The van der Waals surface area contributed by atoms with Crippen molar-refractivity contribution >= 4 is 17.4 Å². The van der Waals surface area contributed by atoms with Gasteiger partial charge in [0.05, 0.1) is 0 Å². The maximum absolute atomic E-state index is 5.93. The average Bonchev–Trinajstić information content (AvgIpc) is 3.23. The van der Waals surface area contributed by atoms with Crippen molar-refractivity contribution in [3.8, 4) is 5.75 Å². The van der Waals surface area contributed by atoms with Gasteiger partial charge in [0.15, 0.2) is 0 Å². The van der Waals surface area contributed by atoms with Crippen LogP contribution >= 0.6 is 11.3 Å². The van der Waals surface area contributed by atoms with Gasteiger partial charge in [-0.15, -0.1) is 11.3 Å². The van der Waals surface area contributed by atoms with Crippen LogP contribution in [-0.4, -0.2) is 23.7 Å². The Hall–Kier alpha value is -2.50. The molecule has 3 rings (SSSR count). The molecule has 0 radical (unpaired) electrons. The van der Waals surface area contributed by atoms with E-state index in [-0.39, 0.29) is 0 Å². The van der Waals surface area contributed by atoms with Gasteiger partial charge in [0, 0.05) is 31.1 Å². The maximum atomic E-state index is 5.93. The van der Waals surface area contributed by atoms with Gasteiger partial charge in [0.25, 0.3) is 0 Å². The van der Waals surface area contributed by atoms with Crippen molar-refractivity contribution in [1.82, 2.24) is 9.97 Å². The lowest BCUT2D eigenvalue weighted by Gasteiger charge is -2.30. The quantitative estimate of drug-likeness (QED) is 0.567. The molecule has 0 fully saturated rings. The minimum absolute atomic E-state index is 0.488. The van der Waals surface area contributed by atoms with E-state index >= 15 is 0 Å². The second kappa shape index (κ2) is 8.74. The molecule has 0 saturated carbocycles. The van der Waals surface area contributed by atoms with Crippen LogP contribution in [0.1, 0.15) is 29.5 Å². The zero-order chi connectivity index (χ0) is 18.2. The van der Waals surface area contributed by atoms with Crippen LogP contribution in [0, 0.1) is 0 Å². The van der Waals surface area contributed by atoms with Gasteiger partial charge in [-0.3, -0.25) is 4.98 Å². The van der Waals surface area contributed by atoms with Crippen molar-refractivity contribution < 1.29 is 9.47 Å². The van der Waals surface area contributed by atoms with Gasteiger partial charge < -0.3 is 9.47 Å². The Morgan fingerprint density at radius 2 is 2.12 bits per heavy atom. The first-order chi connectivity index (χ1) is 12.8. The number of nitrogens with zero attached hydrogens (tertiary/aromatic N) is 2. The number of aromatic nitrogens is 2. The van der Waals surface area contributed by atoms with Crippen LogP contribution in [0.5, 0.6) is 5.75 Å². The van der Waals surface area contributed by atoms with Gasteiger partial charge in [-0.25, -0.2) is 4.98 Å². The van der Waals surface area contributed by atoms with Crippen LogP contribution in [0.15, 0.2) is 66.4 Å². The lowest BCUT2D eigenvalue weighted by Crippen LogP contribution is -2.29. The first-order valence-electron chi connectivity index (χ1n) is 8.53. The third kappa shape index (κ3) is 4.00. The Kier molecular flexibility index (Phi) is 6.15. The third-order valence-corrected chi connectivity index (χ3v) is 5.18. The molecule has 3 aromatic rings. The lowest BCUT2D eigenvalue weighted by molar-refractivity contribution is 0.0182. The molecule has 0 aliphatic rings. The Balaban J connectivity index is 1.74. The topological polar surface area (TPSA) is 44.2 Å². The number of ether oxygens (including phenoxy) is 2. The number of rotatable bonds is 8. The Morgan fingerprint density at radius 1 is 1.19 bits per heavy atom. The molecule has 0 N–H and O–H groups in total. The van der Waals surface area contributed by atoms with Crippen LogP contribution < -0.4 is 4.74 Å². The van der Waals surface area contributed by atoms with Crippen molar-refractivity contribution in [1.29, 1.82) is 0 Å². The van der Waals surface area contributed by atoms with Gasteiger partial charge in [0.1, 0.15) is 23.0 Å². The number of thiazole rings is 1. The third-order valence-electron chi connectivity index (χ3n) is 4.27. The van der Waals surface area contributed by atoms with E-state index in [1.54, 1.807) is 24.6 Å². The van der Waals surface area contributed by atoms with E-state index in [9.17, 15) is 0 Å². The Labute approximate surface area is 158 Å². The van der Waals surface area contributed by atoms with Crippen molar-refractivity contribution in [2.24, 2.45) is 0 Å². The van der Waals surface area contributed by atoms with Gasteiger partial charge in [-0.05, 0) is 41.8 Å². The highest BCUT2D eigenvalue weighted by atomic mass is 32.1. The Morgan fingerprint density at radius 3 is 2.81 bits per heavy atom. The molecule has 4 nitrogen and oxygen atoms in total. The molecule has 1 atom stereocenters. The molecule has 134 valence electrons. The van der Waals surface area contributed by atoms with Crippen molar-refractivity contribution in [3.05, 3.63) is 82.6 Å². The average molecular weight is 366 g/mol. The van der Waals surface area contributed by atoms with E-state index in [0.717, 1.165) is 28.3 Å². The summed E-state index contributed by atoms with van der Waals surface area (Å²) in [6, 6.07) is 12.0. The molecule has 0 aliphatic carbocycles. The fraction of sp³-hybridized carbons (Fsp3) is 0.238. The smallest absolute Gasteiger partial charge is 0.144 e. The van der Waals surface area contributed by atoms with E-state index in [2.05, 4.69) is 23.0 Å². The Bertz CT molecular complexity index is 828. The molecule has 2 heterocycles. The van der Waals surface area contributed by atoms with E-state index in [4.69, 9.17) is 9.47 Å². The molecule has 2 aromatic heterocycles. The van der Waals surface area contributed by atoms with Gasteiger partial charge in [-0.1, -0.05) is 31.2 Å². The maximum Gasteiger partial charge on any atom is 0.144 e. The van der Waals surface area contributed by atoms with Crippen LogP contribution in [-0.2, 0) is 10.3 Å². The molecule has 1 aromatic carbocycles. The highest BCUT2D eigenvalue weighted by molar-refractivity contribution is 7.09. The molecule has 5 heteroatoms. The summed E-state index contributed by atoms with van der Waals surface area (Å²) in [5.74, 6) is 0.810. The molecule has 0 bridgehead atoms. The molecule has 0 amide bonds. The normalized spacial score (nSPS) is 13.6. The first-order valence-corrected chi connectivity index (χ1v) is 9.41. The minimum Gasteiger partial charge on any atom is -0.490 e. The summed E-state index contributed by atoms with van der Waals surface area (Å²) >= 11 is 1.60. The predicted molar refractivity (Wildman–Crippen MR) is 105 cm³/mol. The number of hydrogen-bond acceptors (Lipinski definition) is 5. The second-order valence-corrected chi connectivity index (χ2v) is 6.64. The highest BCUT2D eigenvalue weighted by Gasteiger charge is 2.35. The standard InChI is InChI=1S/C21H22N2O2S/c1-3-21(24-2,20-23-12-14-26-20)18-9-4-10-19(15-18)25-13-6-8-17-7-5-11-22-16-17/h4-12,14-16H,3,13H2,1-2H3. The molecular formula is C21H22N2O2S. The van der Waals surface area contributed by atoms with Crippen molar-refractivity contribution in [2.45, 2.75) is 18.9 Å². The molecular weight excluding hydrogens is 344 g/mol. The SMILES string of the molecule is CCC(OC)(c1cccc(OCC=Cc2cccnc2)c1)c1nccs1. The van der Waals surface area contributed by atoms with Gasteiger partial charge in [0.2, 0.25) is 0 Å². The zero-order valence-corrected chi connectivity index (χ0v) is 15.8. The van der Waals surface area contributed by atoms with E-state index in [1.807, 2.05) is 60.3 Å². The molecule has 0 spiro atoms. The number of methoxy groups -OCH3 is 1. The summed E-state index contributed by atoms with van der Waals surface area (Å²) < 4.78 is 11.8. The van der Waals surface area contributed by atoms with Crippen LogP contribution in [0.3, 0.4) is 0 Å². The molecule has 0 saturated heterocycles. The largest absolute Gasteiger partial charge is 0.490 e. The van der Waals surface area contributed by atoms with Crippen LogP contribution in [0.2, 0.25) is 0 Å². The first kappa shape index (κ1) is 18.3. The second-order valence-electron chi connectivity index (χ2n) is 5.75. The summed E-state index contributed by atoms with van der Waals surface area (Å²) in [7, 11) is 1.73. The summed E-state index contributed by atoms with van der Waals surface area (Å²) in [5, 5.41) is 2.93. The van der Waals surface area contributed by atoms with E-state index < -0.39 is 5.60 Å². The van der Waals surface area contributed by atoms with E-state index in [1.165, 1.54) is 0 Å². The number of pyridine rings is 1. The fourth-order valence-electron chi connectivity index (χ4n) is 2.89. The van der Waals surface area contributed by atoms with Gasteiger partial charge in [-0.2, -0.15) is 0 Å².